The molecule has 24 heavy (non-hydrogen) atoms. The zero-order chi connectivity index (χ0) is 17.7. The lowest BCUT2D eigenvalue weighted by Crippen LogP contribution is -2.15. The largest absolute Gasteiger partial charge is 0.450 e. The van der Waals surface area contributed by atoms with Gasteiger partial charge < -0.3 is 9.64 Å². The molecular formula is C18H14ClFN2O2. The van der Waals surface area contributed by atoms with Gasteiger partial charge in [0.2, 0.25) is 5.78 Å². The highest BCUT2D eigenvalue weighted by atomic mass is 35.5. The van der Waals surface area contributed by atoms with Gasteiger partial charge in [0.05, 0.1) is 10.6 Å². The molecular weight excluding hydrogens is 331 g/mol. The fraction of sp³-hybridized carbons (Fsp3) is 0.111. The topological polar surface area (TPSA) is 53.3 Å². The average Bonchev–Trinajstić information content (AvgIpc) is 2.56. The Morgan fingerprint density at radius 2 is 1.96 bits per heavy atom. The third-order valence-electron chi connectivity index (χ3n) is 3.02. The van der Waals surface area contributed by atoms with Crippen LogP contribution in [0.2, 0.25) is 5.02 Å². The zero-order valence-electron chi connectivity index (χ0n) is 13.1. The van der Waals surface area contributed by atoms with Crippen LogP contribution in [-0.2, 0) is 0 Å². The van der Waals surface area contributed by atoms with Crippen molar-refractivity contribution in [1.29, 1.82) is 5.26 Å². The molecule has 0 unspecified atom stereocenters. The van der Waals surface area contributed by atoms with Crippen molar-refractivity contribution in [3.63, 3.8) is 0 Å². The molecule has 122 valence electrons. The highest BCUT2D eigenvalue weighted by molar-refractivity contribution is 6.35. The van der Waals surface area contributed by atoms with Gasteiger partial charge in [-0.3, -0.25) is 4.79 Å². The Morgan fingerprint density at radius 1 is 1.25 bits per heavy atom. The van der Waals surface area contributed by atoms with Crippen molar-refractivity contribution in [3.05, 3.63) is 76.4 Å². The molecule has 0 aromatic heterocycles. The van der Waals surface area contributed by atoms with Crippen LogP contribution in [0.3, 0.4) is 0 Å². The summed E-state index contributed by atoms with van der Waals surface area (Å²) in [4.78, 5) is 14.3. The molecule has 2 rings (SSSR count). The van der Waals surface area contributed by atoms with E-state index < -0.39 is 11.6 Å². The molecule has 0 aliphatic heterocycles. The van der Waals surface area contributed by atoms with Gasteiger partial charge in [-0.2, -0.15) is 5.26 Å². The van der Waals surface area contributed by atoms with Crippen LogP contribution in [0.4, 0.5) is 4.39 Å². The number of nitrogens with zero attached hydrogens (tertiary/aromatic N) is 2. The second-order valence-electron chi connectivity index (χ2n) is 5.10. The molecule has 0 saturated carbocycles. The molecule has 0 aliphatic rings. The van der Waals surface area contributed by atoms with E-state index in [0.717, 1.165) is 0 Å². The highest BCUT2D eigenvalue weighted by Gasteiger charge is 2.21. The van der Waals surface area contributed by atoms with Crippen LogP contribution >= 0.6 is 11.6 Å². The predicted octanol–water partition coefficient (Wildman–Crippen LogP) is 4.02. The summed E-state index contributed by atoms with van der Waals surface area (Å²) in [5.41, 5.74) is 0.263. The zero-order valence-corrected chi connectivity index (χ0v) is 13.8. The first-order chi connectivity index (χ1) is 11.4. The Morgan fingerprint density at radius 3 is 2.62 bits per heavy atom. The van der Waals surface area contributed by atoms with Crippen molar-refractivity contribution >= 4 is 17.4 Å². The normalized spacial score (nSPS) is 10.9. The lowest BCUT2D eigenvalue weighted by Gasteiger charge is -2.14. The van der Waals surface area contributed by atoms with Crippen LogP contribution < -0.4 is 4.74 Å². The maximum Gasteiger partial charge on any atom is 0.231 e. The molecule has 0 saturated heterocycles. The van der Waals surface area contributed by atoms with Crippen molar-refractivity contribution in [2.45, 2.75) is 0 Å². The standard InChI is InChI=1S/C18H14ClFN2O2/c1-22(2)11-16(24-15-9-4-3-6-12(15)10-21)18(23)13-7-5-8-14(20)17(13)19/h3-9,11H,1-2H3/b16-11+. The van der Waals surface area contributed by atoms with Gasteiger partial charge >= 0.3 is 0 Å². The minimum absolute atomic E-state index is 0.0146. The van der Waals surface area contributed by atoms with E-state index in [0.29, 0.717) is 0 Å². The average molecular weight is 345 g/mol. The van der Waals surface area contributed by atoms with Crippen molar-refractivity contribution < 1.29 is 13.9 Å². The maximum absolute atomic E-state index is 13.6. The summed E-state index contributed by atoms with van der Waals surface area (Å²) < 4.78 is 19.2. The number of ketones is 1. The van der Waals surface area contributed by atoms with E-state index in [-0.39, 0.29) is 27.7 Å². The molecule has 2 aromatic rings. The second kappa shape index (κ2) is 7.62. The lowest BCUT2D eigenvalue weighted by atomic mass is 10.1. The molecule has 2 aromatic carbocycles. The van der Waals surface area contributed by atoms with Crippen LogP contribution in [0.1, 0.15) is 15.9 Å². The fourth-order valence-electron chi connectivity index (χ4n) is 1.94. The lowest BCUT2D eigenvalue weighted by molar-refractivity contribution is 0.0982. The highest BCUT2D eigenvalue weighted by Crippen LogP contribution is 2.25. The summed E-state index contributed by atoms with van der Waals surface area (Å²) in [5.74, 6) is -1.12. The molecule has 6 heteroatoms. The van der Waals surface area contributed by atoms with Crippen molar-refractivity contribution in [2.75, 3.05) is 14.1 Å². The van der Waals surface area contributed by atoms with Gasteiger partial charge in [-0.05, 0) is 24.3 Å². The summed E-state index contributed by atoms with van der Waals surface area (Å²) in [6.07, 6.45) is 1.44. The van der Waals surface area contributed by atoms with Crippen LogP contribution in [-0.4, -0.2) is 24.8 Å². The van der Waals surface area contributed by atoms with Crippen molar-refractivity contribution in [3.8, 4) is 11.8 Å². The summed E-state index contributed by atoms with van der Waals surface area (Å²) >= 11 is 5.89. The number of para-hydroxylation sites is 1. The quantitative estimate of drug-likeness (QED) is 0.467. The molecule has 0 radical (unpaired) electrons. The molecule has 0 N–H and O–H groups in total. The predicted molar refractivity (Wildman–Crippen MR) is 89.3 cm³/mol. The van der Waals surface area contributed by atoms with Gasteiger partial charge in [-0.25, -0.2) is 4.39 Å². The minimum Gasteiger partial charge on any atom is -0.450 e. The van der Waals surface area contributed by atoms with Crippen LogP contribution in [0.25, 0.3) is 0 Å². The van der Waals surface area contributed by atoms with E-state index in [2.05, 4.69) is 0 Å². The number of rotatable bonds is 5. The smallest absolute Gasteiger partial charge is 0.231 e. The monoisotopic (exact) mass is 344 g/mol. The summed E-state index contributed by atoms with van der Waals surface area (Å²) in [6, 6.07) is 12.5. The maximum atomic E-state index is 13.6. The first kappa shape index (κ1) is 17.5. The number of Topliss-reactive ketones (excluding diaryl/α,β-unsaturated/α-hetero) is 1. The summed E-state index contributed by atoms with van der Waals surface area (Å²) in [7, 11) is 3.42. The Kier molecular flexibility index (Phi) is 5.56. The number of hydrogen-bond acceptors (Lipinski definition) is 4. The van der Waals surface area contributed by atoms with Gasteiger partial charge in [-0.1, -0.05) is 29.8 Å². The third-order valence-corrected chi connectivity index (χ3v) is 3.41. The first-order valence-electron chi connectivity index (χ1n) is 6.98. The van der Waals surface area contributed by atoms with E-state index in [1.807, 2.05) is 6.07 Å². The number of benzene rings is 2. The van der Waals surface area contributed by atoms with E-state index in [9.17, 15) is 9.18 Å². The number of carbonyl (C=O) groups is 1. The minimum atomic E-state index is -0.691. The molecule has 0 aliphatic carbocycles. The van der Waals surface area contributed by atoms with Crippen LogP contribution in [0, 0.1) is 17.1 Å². The first-order valence-corrected chi connectivity index (χ1v) is 7.35. The molecule has 0 bridgehead atoms. The number of halogens is 2. The number of hydrogen-bond donors (Lipinski definition) is 0. The summed E-state index contributed by atoms with van der Waals surface area (Å²) in [6.45, 7) is 0. The molecule has 0 atom stereocenters. The third kappa shape index (κ3) is 3.92. The number of nitriles is 1. The van der Waals surface area contributed by atoms with E-state index in [1.165, 1.54) is 24.4 Å². The Hall–Kier alpha value is -2.84. The second-order valence-corrected chi connectivity index (χ2v) is 5.48. The van der Waals surface area contributed by atoms with E-state index in [1.54, 1.807) is 43.3 Å². The number of allylic oxidation sites excluding steroid dienone is 1. The number of carbonyl (C=O) groups excluding carboxylic acids is 1. The fourth-order valence-corrected chi connectivity index (χ4v) is 2.16. The Labute approximate surface area is 144 Å². The van der Waals surface area contributed by atoms with E-state index >= 15 is 0 Å². The molecule has 0 heterocycles. The molecule has 0 fully saturated rings. The van der Waals surface area contributed by atoms with Gasteiger partial charge in [0, 0.05) is 25.9 Å². The van der Waals surface area contributed by atoms with Crippen LogP contribution in [0.15, 0.2) is 54.4 Å². The Balaban J connectivity index is 2.45. The van der Waals surface area contributed by atoms with Gasteiger partial charge in [0.25, 0.3) is 0 Å². The van der Waals surface area contributed by atoms with Gasteiger partial charge in [0.15, 0.2) is 5.76 Å². The molecule has 0 spiro atoms. The van der Waals surface area contributed by atoms with Gasteiger partial charge in [-0.15, -0.1) is 0 Å². The van der Waals surface area contributed by atoms with Crippen LogP contribution in [0.5, 0.6) is 5.75 Å². The molecule has 0 amide bonds. The number of ether oxygens (including phenoxy) is 1. The van der Waals surface area contributed by atoms with Gasteiger partial charge in [0.1, 0.15) is 17.6 Å². The summed E-state index contributed by atoms with van der Waals surface area (Å²) in [5, 5.41) is 8.86. The molecule has 4 nitrogen and oxygen atoms in total. The van der Waals surface area contributed by atoms with Crippen molar-refractivity contribution in [2.24, 2.45) is 0 Å². The SMILES string of the molecule is CN(C)/C=C(/Oc1ccccc1C#N)C(=O)c1cccc(F)c1Cl. The van der Waals surface area contributed by atoms with E-state index in [4.69, 9.17) is 21.6 Å². The Bertz CT molecular complexity index is 841. The van der Waals surface area contributed by atoms with Crippen molar-refractivity contribution in [1.82, 2.24) is 4.90 Å².